The van der Waals surface area contributed by atoms with Crippen molar-refractivity contribution < 1.29 is 9.90 Å². The Balaban J connectivity index is 1.64. The number of hydrogen-bond acceptors (Lipinski definition) is 5. The van der Waals surface area contributed by atoms with Gasteiger partial charge in [-0.1, -0.05) is 17.7 Å². The number of benzene rings is 1. The summed E-state index contributed by atoms with van der Waals surface area (Å²) < 4.78 is 1.70. The van der Waals surface area contributed by atoms with Gasteiger partial charge in [-0.25, -0.2) is 0 Å². The lowest BCUT2D eigenvalue weighted by molar-refractivity contribution is 0.0931. The molecule has 0 aliphatic rings. The van der Waals surface area contributed by atoms with Gasteiger partial charge in [0.15, 0.2) is 0 Å². The van der Waals surface area contributed by atoms with Gasteiger partial charge in [0.05, 0.1) is 34.0 Å². The van der Waals surface area contributed by atoms with Crippen molar-refractivity contribution in [2.24, 2.45) is 0 Å². The molecule has 0 bridgehead atoms. The number of hydrogen-bond donors (Lipinski definition) is 3. The Hall–Kier alpha value is -3.09. The van der Waals surface area contributed by atoms with Crippen LogP contribution in [0.4, 0.5) is 0 Å². The van der Waals surface area contributed by atoms with E-state index in [1.165, 1.54) is 13.0 Å². The van der Waals surface area contributed by atoms with E-state index in [-0.39, 0.29) is 17.4 Å². The van der Waals surface area contributed by atoms with Crippen molar-refractivity contribution in [3.63, 3.8) is 0 Å². The lowest BCUT2D eigenvalue weighted by Gasteiger charge is -2.14. The lowest BCUT2D eigenvalue weighted by atomic mass is 9.81. The number of aromatic nitrogens is 4. The molecule has 8 nitrogen and oxygen atoms in total. The zero-order valence-corrected chi connectivity index (χ0v) is 16.6. The summed E-state index contributed by atoms with van der Waals surface area (Å²) in [7, 11) is 5.57. The number of H-pyrrole nitrogens is 1. The number of aliphatic hydroxyl groups is 1. The van der Waals surface area contributed by atoms with E-state index in [1.54, 1.807) is 29.1 Å². The highest BCUT2D eigenvalue weighted by Crippen LogP contribution is 2.24. The number of carbonyl (C=O) groups excluding carboxylic acids is 1. The number of carbonyl (C=O) groups is 1. The molecule has 3 rings (SSSR count). The minimum atomic E-state index is -1.60. The first-order valence-corrected chi connectivity index (χ1v) is 9.16. The number of nitrogens with zero attached hydrogens (tertiary/aromatic N) is 4. The smallest absolute Gasteiger partial charge is 0.272 e. The molecule has 0 saturated heterocycles. The summed E-state index contributed by atoms with van der Waals surface area (Å²) in [6.07, 6.45) is 1.79. The standard InChI is InChI=1S/C19H18BClN6O2/c1-11(23-18(28)16-8-17(25-24-16)19(2,20)29)10-27-6-5-15(26-27)12-3-4-13(9-22)14(21)7-12/h3-8,11,29H,10H2,1-2H3,(H,23,28)(H,24,25)/t11-,19?/m0/s1. The minimum absolute atomic E-state index is 0.131. The van der Waals surface area contributed by atoms with E-state index in [4.69, 9.17) is 24.7 Å². The van der Waals surface area contributed by atoms with Gasteiger partial charge in [-0.05, 0) is 38.1 Å². The molecule has 29 heavy (non-hydrogen) atoms. The quantitative estimate of drug-likeness (QED) is 0.539. The number of aromatic amines is 1. The summed E-state index contributed by atoms with van der Waals surface area (Å²) in [5.74, 6) is -0.393. The first-order valence-electron chi connectivity index (χ1n) is 8.79. The average Bonchev–Trinajstić information content (AvgIpc) is 3.31. The average molecular weight is 409 g/mol. The van der Waals surface area contributed by atoms with Gasteiger partial charge in [0.2, 0.25) is 0 Å². The van der Waals surface area contributed by atoms with Crippen LogP contribution in [0.2, 0.25) is 5.02 Å². The molecule has 2 radical (unpaired) electrons. The monoisotopic (exact) mass is 408 g/mol. The van der Waals surface area contributed by atoms with E-state index >= 15 is 0 Å². The maximum atomic E-state index is 12.3. The molecule has 3 N–H and O–H groups in total. The molecule has 1 amide bonds. The molecule has 0 saturated carbocycles. The second kappa shape index (κ2) is 8.11. The molecule has 0 spiro atoms. The summed E-state index contributed by atoms with van der Waals surface area (Å²) >= 11 is 6.08. The van der Waals surface area contributed by atoms with Crippen molar-refractivity contribution in [1.29, 1.82) is 5.26 Å². The maximum absolute atomic E-state index is 12.3. The molecule has 1 unspecified atom stereocenters. The zero-order valence-electron chi connectivity index (χ0n) is 15.8. The van der Waals surface area contributed by atoms with E-state index in [0.717, 1.165) is 5.56 Å². The molecular weight excluding hydrogens is 391 g/mol. The van der Waals surface area contributed by atoms with Crippen molar-refractivity contribution in [2.45, 2.75) is 31.9 Å². The van der Waals surface area contributed by atoms with Crippen LogP contribution in [0.3, 0.4) is 0 Å². The van der Waals surface area contributed by atoms with Crippen molar-refractivity contribution in [2.75, 3.05) is 0 Å². The highest BCUT2D eigenvalue weighted by atomic mass is 35.5. The first-order chi connectivity index (χ1) is 13.7. The molecule has 2 aromatic heterocycles. The Kier molecular flexibility index (Phi) is 5.77. The second-order valence-electron chi connectivity index (χ2n) is 6.92. The maximum Gasteiger partial charge on any atom is 0.272 e. The number of nitrogens with one attached hydrogen (secondary N) is 2. The Labute approximate surface area is 173 Å². The predicted octanol–water partition coefficient (Wildman–Crippen LogP) is 1.95. The number of amides is 1. The topological polar surface area (TPSA) is 120 Å². The van der Waals surface area contributed by atoms with Gasteiger partial charge < -0.3 is 10.4 Å². The summed E-state index contributed by atoms with van der Waals surface area (Å²) in [4.78, 5) is 12.3. The SMILES string of the molecule is [B]C(C)(O)c1cc(C(=O)N[C@@H](C)Cn2ccc(-c3ccc(C#N)c(Cl)c3)n2)n[nH]1. The zero-order chi connectivity index (χ0) is 21.2. The third-order valence-corrected chi connectivity index (χ3v) is 4.53. The minimum Gasteiger partial charge on any atom is -0.394 e. The fourth-order valence-electron chi connectivity index (χ4n) is 2.70. The van der Waals surface area contributed by atoms with Crippen LogP contribution in [-0.4, -0.2) is 44.9 Å². The lowest BCUT2D eigenvalue weighted by Crippen LogP contribution is -2.36. The summed E-state index contributed by atoms with van der Waals surface area (Å²) in [5.41, 5.74) is 0.680. The van der Waals surface area contributed by atoms with Crippen molar-refractivity contribution in [1.82, 2.24) is 25.3 Å². The van der Waals surface area contributed by atoms with Crippen LogP contribution < -0.4 is 5.32 Å². The third-order valence-electron chi connectivity index (χ3n) is 4.22. The molecular formula is C19H18BClN6O2. The Morgan fingerprint density at radius 1 is 1.48 bits per heavy atom. The molecule has 0 aliphatic heterocycles. The van der Waals surface area contributed by atoms with Crippen LogP contribution in [0.15, 0.2) is 36.5 Å². The van der Waals surface area contributed by atoms with Gasteiger partial charge in [-0.2, -0.15) is 15.5 Å². The van der Waals surface area contributed by atoms with Crippen molar-refractivity contribution in [3.05, 3.63) is 58.5 Å². The van der Waals surface area contributed by atoms with Crippen LogP contribution in [-0.2, 0) is 12.0 Å². The summed E-state index contributed by atoms with van der Waals surface area (Å²) in [5, 5.41) is 32.8. The van der Waals surface area contributed by atoms with Crippen LogP contribution in [0.25, 0.3) is 11.3 Å². The van der Waals surface area contributed by atoms with Gasteiger partial charge in [-0.15, -0.1) is 0 Å². The van der Waals surface area contributed by atoms with Crippen LogP contribution in [0.1, 0.15) is 35.6 Å². The van der Waals surface area contributed by atoms with Crippen molar-refractivity contribution in [3.8, 4) is 17.3 Å². The highest BCUT2D eigenvalue weighted by molar-refractivity contribution is 6.32. The van der Waals surface area contributed by atoms with Crippen LogP contribution in [0, 0.1) is 11.3 Å². The molecule has 1 aromatic carbocycles. The Morgan fingerprint density at radius 3 is 2.86 bits per heavy atom. The predicted molar refractivity (Wildman–Crippen MR) is 108 cm³/mol. The van der Waals surface area contributed by atoms with Gasteiger partial charge in [-0.3, -0.25) is 14.6 Å². The molecule has 2 heterocycles. The first kappa shape index (κ1) is 20.6. The fourth-order valence-corrected chi connectivity index (χ4v) is 2.93. The van der Waals surface area contributed by atoms with Crippen molar-refractivity contribution >= 4 is 25.4 Å². The van der Waals surface area contributed by atoms with E-state index in [9.17, 15) is 9.90 Å². The molecule has 0 aliphatic carbocycles. The van der Waals surface area contributed by atoms with E-state index in [2.05, 4.69) is 20.6 Å². The van der Waals surface area contributed by atoms with Crippen LogP contribution >= 0.6 is 11.6 Å². The molecule has 3 aromatic rings. The van der Waals surface area contributed by atoms with Gasteiger partial charge in [0, 0.05) is 17.8 Å². The molecule has 10 heteroatoms. The Bertz CT molecular complexity index is 1080. The van der Waals surface area contributed by atoms with E-state index < -0.39 is 11.4 Å². The van der Waals surface area contributed by atoms with Crippen LogP contribution in [0.5, 0.6) is 0 Å². The fraction of sp³-hybridized carbons (Fsp3) is 0.263. The third kappa shape index (κ3) is 4.85. The highest BCUT2D eigenvalue weighted by Gasteiger charge is 2.21. The normalized spacial score (nSPS) is 14.0. The Morgan fingerprint density at radius 2 is 2.24 bits per heavy atom. The van der Waals surface area contributed by atoms with Gasteiger partial charge in [0.25, 0.3) is 5.91 Å². The van der Waals surface area contributed by atoms with Gasteiger partial charge >= 0.3 is 0 Å². The van der Waals surface area contributed by atoms with Gasteiger partial charge in [0.1, 0.15) is 19.6 Å². The summed E-state index contributed by atoms with van der Waals surface area (Å²) in [6, 6.07) is 10.1. The summed E-state index contributed by atoms with van der Waals surface area (Å²) in [6.45, 7) is 3.66. The second-order valence-corrected chi connectivity index (χ2v) is 7.33. The number of nitriles is 1. The largest absolute Gasteiger partial charge is 0.394 e. The number of halogens is 1. The molecule has 0 fully saturated rings. The number of rotatable bonds is 6. The molecule has 146 valence electrons. The van der Waals surface area contributed by atoms with E-state index in [1.807, 2.05) is 19.1 Å². The van der Waals surface area contributed by atoms with E-state index in [0.29, 0.717) is 22.8 Å². The molecule has 2 atom stereocenters.